The van der Waals surface area contributed by atoms with Gasteiger partial charge in [0.2, 0.25) is 0 Å². The van der Waals surface area contributed by atoms with Crippen molar-refractivity contribution in [3.05, 3.63) is 79.5 Å². The number of benzene rings is 1. The molecule has 0 saturated carbocycles. The lowest BCUT2D eigenvalue weighted by molar-refractivity contribution is 1.20. The number of pyridine rings is 3. The van der Waals surface area contributed by atoms with Gasteiger partial charge >= 0.3 is 0 Å². The van der Waals surface area contributed by atoms with Gasteiger partial charge in [0, 0.05) is 47.6 Å². The van der Waals surface area contributed by atoms with E-state index in [4.69, 9.17) is 4.98 Å². The van der Waals surface area contributed by atoms with Crippen molar-refractivity contribution < 1.29 is 0 Å². The van der Waals surface area contributed by atoms with E-state index in [0.29, 0.717) is 11.6 Å². The maximum atomic E-state index is 4.74. The van der Waals surface area contributed by atoms with E-state index >= 15 is 0 Å². The number of fused-ring (bicyclic) bond motifs is 2. The van der Waals surface area contributed by atoms with Gasteiger partial charge in [-0.05, 0) is 42.5 Å². The van der Waals surface area contributed by atoms with Crippen molar-refractivity contribution in [3.8, 4) is 11.4 Å². The van der Waals surface area contributed by atoms with Crippen LogP contribution in [0, 0.1) is 0 Å². The third-order valence-corrected chi connectivity index (χ3v) is 4.30. The molecule has 1 aromatic carbocycles. The molecule has 5 rings (SSSR count). The van der Waals surface area contributed by atoms with Gasteiger partial charge in [-0.1, -0.05) is 6.07 Å². The zero-order chi connectivity index (χ0) is 18.1. The molecular weight excluding hydrogens is 336 g/mol. The van der Waals surface area contributed by atoms with Crippen LogP contribution in [0.2, 0.25) is 0 Å². The highest BCUT2D eigenvalue weighted by atomic mass is 15.0. The maximum Gasteiger partial charge on any atom is 0.162 e. The van der Waals surface area contributed by atoms with Crippen LogP contribution in [-0.4, -0.2) is 24.9 Å². The average Bonchev–Trinajstić information content (AvgIpc) is 2.74. The highest BCUT2D eigenvalue weighted by molar-refractivity contribution is 5.92. The number of hydrogen-bond acceptors (Lipinski definition) is 6. The van der Waals surface area contributed by atoms with Crippen LogP contribution in [0.25, 0.3) is 33.2 Å². The molecule has 0 aliphatic rings. The topological polar surface area (TPSA) is 76.5 Å². The molecule has 0 aliphatic carbocycles. The molecule has 4 aromatic heterocycles. The number of anilines is 2. The lowest BCUT2D eigenvalue weighted by Crippen LogP contribution is -2.00. The largest absolute Gasteiger partial charge is 0.340 e. The van der Waals surface area contributed by atoms with Crippen LogP contribution in [0.5, 0.6) is 0 Å². The van der Waals surface area contributed by atoms with Crippen LogP contribution in [0.4, 0.5) is 11.5 Å². The van der Waals surface area contributed by atoms with Crippen molar-refractivity contribution in [1.82, 2.24) is 24.9 Å². The summed E-state index contributed by atoms with van der Waals surface area (Å²) < 4.78 is 0. The van der Waals surface area contributed by atoms with Gasteiger partial charge in [-0.3, -0.25) is 15.0 Å². The summed E-state index contributed by atoms with van der Waals surface area (Å²) in [6, 6.07) is 15.7. The number of aromatic nitrogens is 5. The molecule has 27 heavy (non-hydrogen) atoms. The van der Waals surface area contributed by atoms with Crippen molar-refractivity contribution in [2.45, 2.75) is 0 Å². The Bertz CT molecular complexity index is 1250. The lowest BCUT2D eigenvalue weighted by Gasteiger charge is -2.11. The standard InChI is InChI=1S/C21H14N6/c1-2-15-12-16(3-4-18(15)24-8-1)25-21-17-13-23-11-7-19(17)26-20(27-21)14-5-9-22-10-6-14/h1-13H,(H,25,26,27). The molecule has 4 heterocycles. The van der Waals surface area contributed by atoms with Gasteiger partial charge in [0.25, 0.3) is 0 Å². The molecule has 0 fully saturated rings. The molecule has 0 atom stereocenters. The molecule has 0 radical (unpaired) electrons. The van der Waals surface area contributed by atoms with E-state index in [-0.39, 0.29) is 0 Å². The molecule has 0 amide bonds. The number of nitrogens with zero attached hydrogens (tertiary/aromatic N) is 5. The van der Waals surface area contributed by atoms with E-state index < -0.39 is 0 Å². The van der Waals surface area contributed by atoms with Crippen molar-refractivity contribution in [1.29, 1.82) is 0 Å². The molecule has 1 N–H and O–H groups in total. The minimum absolute atomic E-state index is 0.640. The maximum absolute atomic E-state index is 4.74. The van der Waals surface area contributed by atoms with Crippen LogP contribution < -0.4 is 5.32 Å². The van der Waals surface area contributed by atoms with Crippen LogP contribution in [0.1, 0.15) is 0 Å². The predicted octanol–water partition coefficient (Wildman–Crippen LogP) is 4.38. The zero-order valence-corrected chi connectivity index (χ0v) is 14.2. The molecule has 5 aromatic rings. The highest BCUT2D eigenvalue weighted by Crippen LogP contribution is 2.27. The molecule has 0 bridgehead atoms. The van der Waals surface area contributed by atoms with Crippen molar-refractivity contribution in [2.24, 2.45) is 0 Å². The van der Waals surface area contributed by atoms with Gasteiger partial charge in [-0.2, -0.15) is 0 Å². The molecule has 0 aliphatic heterocycles. The Morgan fingerprint density at radius 3 is 2.56 bits per heavy atom. The van der Waals surface area contributed by atoms with Crippen molar-refractivity contribution >= 4 is 33.3 Å². The average molecular weight is 350 g/mol. The second-order valence-corrected chi connectivity index (χ2v) is 6.06. The number of nitrogens with one attached hydrogen (secondary N) is 1. The summed E-state index contributed by atoms with van der Waals surface area (Å²) in [5, 5.41) is 5.34. The van der Waals surface area contributed by atoms with Gasteiger partial charge < -0.3 is 5.32 Å². The number of rotatable bonds is 3. The molecule has 128 valence electrons. The van der Waals surface area contributed by atoms with Crippen molar-refractivity contribution in [2.75, 3.05) is 5.32 Å². The van der Waals surface area contributed by atoms with E-state index in [2.05, 4.69) is 31.3 Å². The fourth-order valence-corrected chi connectivity index (χ4v) is 2.99. The molecule has 0 unspecified atom stereocenters. The summed E-state index contributed by atoms with van der Waals surface area (Å²) >= 11 is 0. The molecule has 0 saturated heterocycles. The molecule has 0 spiro atoms. The summed E-state index contributed by atoms with van der Waals surface area (Å²) in [7, 11) is 0. The third kappa shape index (κ3) is 2.93. The monoisotopic (exact) mass is 350 g/mol. The van der Waals surface area contributed by atoms with E-state index in [1.165, 1.54) is 0 Å². The Hall–Kier alpha value is -3.93. The minimum Gasteiger partial charge on any atom is -0.340 e. The normalized spacial score (nSPS) is 11.0. The fraction of sp³-hybridized carbons (Fsp3) is 0. The summed E-state index contributed by atoms with van der Waals surface area (Å²) in [6.07, 6.45) is 8.77. The van der Waals surface area contributed by atoms with Crippen LogP contribution >= 0.6 is 0 Å². The quantitative estimate of drug-likeness (QED) is 0.520. The Labute approximate surface area is 155 Å². The van der Waals surface area contributed by atoms with Gasteiger partial charge in [-0.15, -0.1) is 0 Å². The summed E-state index contributed by atoms with van der Waals surface area (Å²) in [5.74, 6) is 1.35. The van der Waals surface area contributed by atoms with Gasteiger partial charge in [0.05, 0.1) is 16.4 Å². The van der Waals surface area contributed by atoms with E-state index in [9.17, 15) is 0 Å². The summed E-state index contributed by atoms with van der Waals surface area (Å²) in [5.41, 5.74) is 3.63. The predicted molar refractivity (Wildman–Crippen MR) is 106 cm³/mol. The summed E-state index contributed by atoms with van der Waals surface area (Å²) in [6.45, 7) is 0. The minimum atomic E-state index is 0.640. The zero-order valence-electron chi connectivity index (χ0n) is 14.2. The lowest BCUT2D eigenvalue weighted by atomic mass is 10.2. The number of hydrogen-bond donors (Lipinski definition) is 1. The first-order valence-electron chi connectivity index (χ1n) is 8.51. The molecule has 6 nitrogen and oxygen atoms in total. The van der Waals surface area contributed by atoms with Crippen LogP contribution in [0.15, 0.2) is 79.5 Å². The Balaban J connectivity index is 1.64. The first-order valence-corrected chi connectivity index (χ1v) is 8.51. The Morgan fingerprint density at radius 2 is 1.63 bits per heavy atom. The highest BCUT2D eigenvalue weighted by Gasteiger charge is 2.10. The second-order valence-electron chi connectivity index (χ2n) is 6.06. The van der Waals surface area contributed by atoms with Crippen molar-refractivity contribution in [3.63, 3.8) is 0 Å². The van der Waals surface area contributed by atoms with E-state index in [1.54, 1.807) is 31.0 Å². The Kier molecular flexibility index (Phi) is 3.65. The Morgan fingerprint density at radius 1 is 0.741 bits per heavy atom. The summed E-state index contributed by atoms with van der Waals surface area (Å²) in [4.78, 5) is 22.1. The first-order chi connectivity index (χ1) is 13.4. The first kappa shape index (κ1) is 15.3. The van der Waals surface area contributed by atoms with Gasteiger partial charge in [-0.25, -0.2) is 9.97 Å². The van der Waals surface area contributed by atoms with Gasteiger partial charge in [0.1, 0.15) is 5.82 Å². The SMILES string of the molecule is c1cnc2ccc(Nc3nc(-c4ccncc4)nc4ccncc34)cc2c1. The molecule has 6 heteroatoms. The van der Waals surface area contributed by atoms with Crippen LogP contribution in [0.3, 0.4) is 0 Å². The second kappa shape index (κ2) is 6.42. The smallest absolute Gasteiger partial charge is 0.162 e. The van der Waals surface area contributed by atoms with E-state index in [1.807, 2.05) is 42.5 Å². The molecular formula is C21H14N6. The fourth-order valence-electron chi connectivity index (χ4n) is 2.99. The van der Waals surface area contributed by atoms with Crippen LogP contribution in [-0.2, 0) is 0 Å². The van der Waals surface area contributed by atoms with E-state index in [0.717, 1.165) is 33.1 Å². The third-order valence-electron chi connectivity index (χ3n) is 4.30. The van der Waals surface area contributed by atoms with Gasteiger partial charge in [0.15, 0.2) is 5.82 Å².